The zero-order valence-electron chi connectivity index (χ0n) is 9.13. The lowest BCUT2D eigenvalue weighted by Gasteiger charge is -2.21. The first-order chi connectivity index (χ1) is 7.54. The fourth-order valence-corrected chi connectivity index (χ4v) is 2.85. The summed E-state index contributed by atoms with van der Waals surface area (Å²) in [4.78, 5) is 22.8. The van der Waals surface area contributed by atoms with Crippen molar-refractivity contribution in [3.05, 3.63) is 33.8 Å². The van der Waals surface area contributed by atoms with Crippen LogP contribution in [-0.4, -0.2) is 11.6 Å². The molecule has 84 valence electrons. The summed E-state index contributed by atoms with van der Waals surface area (Å²) in [5.74, 6) is 0.211. The van der Waals surface area contributed by atoms with Gasteiger partial charge in [-0.25, -0.2) is 0 Å². The average molecular weight is 281 g/mol. The lowest BCUT2D eigenvalue weighted by Crippen LogP contribution is -2.21. The van der Waals surface area contributed by atoms with Gasteiger partial charge in [-0.1, -0.05) is 22.0 Å². The van der Waals surface area contributed by atoms with E-state index in [9.17, 15) is 9.59 Å². The molecule has 0 unspecified atom stereocenters. The lowest BCUT2D eigenvalue weighted by molar-refractivity contribution is -0.130. The smallest absolute Gasteiger partial charge is 0.140 e. The molecule has 0 heterocycles. The van der Waals surface area contributed by atoms with E-state index < -0.39 is 0 Å². The number of hydrogen-bond donors (Lipinski definition) is 0. The van der Waals surface area contributed by atoms with Gasteiger partial charge in [0.15, 0.2) is 0 Å². The largest absolute Gasteiger partial charge is 0.299 e. The van der Waals surface area contributed by atoms with Gasteiger partial charge >= 0.3 is 0 Å². The maximum absolute atomic E-state index is 11.4. The van der Waals surface area contributed by atoms with E-state index in [1.54, 1.807) is 0 Å². The molecule has 2 rings (SSSR count). The van der Waals surface area contributed by atoms with E-state index in [1.807, 2.05) is 19.1 Å². The number of carbonyl (C=O) groups excluding carboxylic acids is 2. The topological polar surface area (TPSA) is 34.1 Å². The molecular formula is C13H13BrO2. The first-order valence-corrected chi connectivity index (χ1v) is 6.14. The molecule has 0 radical (unpaired) electrons. The molecule has 2 nitrogen and oxygen atoms in total. The predicted molar refractivity (Wildman–Crippen MR) is 65.5 cm³/mol. The summed E-state index contributed by atoms with van der Waals surface area (Å²) in [6, 6.07) is 6.08. The predicted octanol–water partition coefficient (Wildman–Crippen LogP) is 3.16. The zero-order chi connectivity index (χ0) is 11.7. The molecule has 1 fully saturated rings. The van der Waals surface area contributed by atoms with Crippen LogP contribution in [0.25, 0.3) is 0 Å². The lowest BCUT2D eigenvalue weighted by atomic mass is 9.82. The molecule has 1 aromatic rings. The molecule has 0 saturated heterocycles. The van der Waals surface area contributed by atoms with Gasteiger partial charge in [-0.05, 0) is 36.1 Å². The summed E-state index contributed by atoms with van der Waals surface area (Å²) < 4.78 is 1.01. The summed E-state index contributed by atoms with van der Waals surface area (Å²) >= 11 is 3.44. The first kappa shape index (κ1) is 11.5. The highest BCUT2D eigenvalue weighted by Gasteiger charge is 2.26. The minimum Gasteiger partial charge on any atom is -0.299 e. The zero-order valence-corrected chi connectivity index (χ0v) is 10.7. The van der Waals surface area contributed by atoms with Crippen LogP contribution in [0.2, 0.25) is 0 Å². The number of rotatable bonds is 1. The van der Waals surface area contributed by atoms with Crippen molar-refractivity contribution in [3.8, 4) is 0 Å². The minimum absolute atomic E-state index is 0.0684. The highest BCUT2D eigenvalue weighted by molar-refractivity contribution is 9.10. The van der Waals surface area contributed by atoms with Crippen LogP contribution in [0, 0.1) is 6.92 Å². The second-order valence-corrected chi connectivity index (χ2v) is 5.34. The van der Waals surface area contributed by atoms with Gasteiger partial charge in [-0.2, -0.15) is 0 Å². The molecule has 16 heavy (non-hydrogen) atoms. The molecule has 1 aliphatic rings. The van der Waals surface area contributed by atoms with E-state index in [-0.39, 0.29) is 23.9 Å². The average Bonchev–Trinajstić information content (AvgIpc) is 2.14. The Labute approximate surface area is 103 Å². The van der Waals surface area contributed by atoms with Gasteiger partial charge in [0, 0.05) is 17.3 Å². The number of Topliss-reactive ketones (excluding diaryl/α,β-unsaturated/α-hetero) is 2. The number of carbonyl (C=O) groups is 2. The third-order valence-corrected chi connectivity index (χ3v) is 3.34. The van der Waals surface area contributed by atoms with Crippen LogP contribution in [0.1, 0.15) is 36.3 Å². The Balaban J connectivity index is 2.29. The van der Waals surface area contributed by atoms with E-state index in [4.69, 9.17) is 0 Å². The summed E-state index contributed by atoms with van der Waals surface area (Å²) in [7, 11) is 0. The Morgan fingerprint density at radius 2 is 1.75 bits per heavy atom. The molecule has 3 heteroatoms. The molecule has 0 atom stereocenters. The molecule has 0 aliphatic heterocycles. The van der Waals surface area contributed by atoms with Gasteiger partial charge in [-0.15, -0.1) is 0 Å². The van der Waals surface area contributed by atoms with Crippen LogP contribution in [0.4, 0.5) is 0 Å². The number of aryl methyl sites for hydroxylation is 1. The number of hydrogen-bond acceptors (Lipinski definition) is 2. The summed E-state index contributed by atoms with van der Waals surface area (Å²) in [6.07, 6.45) is 1.13. The van der Waals surface area contributed by atoms with Gasteiger partial charge < -0.3 is 0 Å². The third-order valence-electron chi connectivity index (χ3n) is 2.88. The van der Waals surface area contributed by atoms with Crippen molar-refractivity contribution in [2.75, 3.05) is 0 Å². The van der Waals surface area contributed by atoms with Crippen molar-refractivity contribution in [3.63, 3.8) is 0 Å². The monoisotopic (exact) mass is 280 g/mol. The van der Waals surface area contributed by atoms with Crippen molar-refractivity contribution >= 4 is 27.5 Å². The van der Waals surface area contributed by atoms with Gasteiger partial charge in [-0.3, -0.25) is 9.59 Å². The number of benzene rings is 1. The van der Waals surface area contributed by atoms with Crippen molar-refractivity contribution in [1.82, 2.24) is 0 Å². The van der Waals surface area contributed by atoms with Crippen molar-refractivity contribution in [2.24, 2.45) is 0 Å². The van der Waals surface area contributed by atoms with Crippen molar-refractivity contribution in [2.45, 2.75) is 32.1 Å². The van der Waals surface area contributed by atoms with Crippen molar-refractivity contribution < 1.29 is 9.59 Å². The molecule has 0 amide bonds. The van der Waals surface area contributed by atoms with Crippen molar-refractivity contribution in [1.29, 1.82) is 0 Å². The Morgan fingerprint density at radius 1 is 1.12 bits per heavy atom. The van der Waals surface area contributed by atoms with E-state index >= 15 is 0 Å². The normalized spacial score (nSPS) is 17.9. The molecule has 0 spiro atoms. The quantitative estimate of drug-likeness (QED) is 0.741. The SMILES string of the molecule is Cc1cc(Br)cc(C2CC(=O)CC(=O)C2)c1. The Hall–Kier alpha value is -0.960. The van der Waals surface area contributed by atoms with E-state index in [0.717, 1.165) is 15.6 Å². The maximum atomic E-state index is 11.4. The molecule has 1 saturated carbocycles. The van der Waals surface area contributed by atoms with Gasteiger partial charge in [0.05, 0.1) is 6.42 Å². The molecule has 1 aliphatic carbocycles. The Bertz CT molecular complexity index is 415. The van der Waals surface area contributed by atoms with E-state index in [1.165, 1.54) is 0 Å². The standard InChI is InChI=1S/C13H13BrO2/c1-8-2-9(4-11(14)3-8)10-5-12(15)7-13(16)6-10/h2-4,10H,5-7H2,1H3. The second kappa shape index (κ2) is 4.50. The second-order valence-electron chi connectivity index (χ2n) is 4.42. The first-order valence-electron chi connectivity index (χ1n) is 5.35. The van der Waals surface area contributed by atoms with Crippen LogP contribution in [0.3, 0.4) is 0 Å². The maximum Gasteiger partial charge on any atom is 0.140 e. The molecule has 0 aromatic heterocycles. The van der Waals surface area contributed by atoms with Crippen LogP contribution in [0.5, 0.6) is 0 Å². The Kier molecular flexibility index (Phi) is 3.24. The molecular weight excluding hydrogens is 268 g/mol. The van der Waals surface area contributed by atoms with Crippen LogP contribution in [-0.2, 0) is 9.59 Å². The highest BCUT2D eigenvalue weighted by atomic mass is 79.9. The Morgan fingerprint density at radius 3 is 2.31 bits per heavy atom. The summed E-state index contributed by atoms with van der Waals surface area (Å²) in [5.41, 5.74) is 2.24. The third kappa shape index (κ3) is 2.59. The van der Waals surface area contributed by atoms with E-state index in [0.29, 0.717) is 12.8 Å². The van der Waals surface area contributed by atoms with Crippen LogP contribution < -0.4 is 0 Å². The van der Waals surface area contributed by atoms with Gasteiger partial charge in [0.25, 0.3) is 0 Å². The summed E-state index contributed by atoms with van der Waals surface area (Å²) in [6.45, 7) is 2.01. The minimum atomic E-state index is 0.0684. The van der Waals surface area contributed by atoms with E-state index in [2.05, 4.69) is 22.0 Å². The van der Waals surface area contributed by atoms with Gasteiger partial charge in [0.1, 0.15) is 11.6 Å². The molecule has 1 aromatic carbocycles. The number of halogens is 1. The number of ketones is 2. The molecule has 0 N–H and O–H groups in total. The highest BCUT2D eigenvalue weighted by Crippen LogP contribution is 2.31. The van der Waals surface area contributed by atoms with Gasteiger partial charge in [0.2, 0.25) is 0 Å². The fourth-order valence-electron chi connectivity index (χ4n) is 2.22. The van der Waals surface area contributed by atoms with Crippen LogP contribution >= 0.6 is 15.9 Å². The fraction of sp³-hybridized carbons (Fsp3) is 0.385. The van der Waals surface area contributed by atoms with Crippen LogP contribution in [0.15, 0.2) is 22.7 Å². The molecule has 0 bridgehead atoms. The summed E-state index contributed by atoms with van der Waals surface area (Å²) in [5, 5.41) is 0.